The molecule has 7 heteroatoms. The van der Waals surface area contributed by atoms with Gasteiger partial charge in [0.15, 0.2) is 5.75 Å². The number of aromatic nitrogens is 3. The van der Waals surface area contributed by atoms with Crippen molar-refractivity contribution in [2.45, 2.75) is 25.5 Å². The predicted molar refractivity (Wildman–Crippen MR) is 105 cm³/mol. The van der Waals surface area contributed by atoms with Crippen LogP contribution in [0.2, 0.25) is 0 Å². The van der Waals surface area contributed by atoms with E-state index in [-0.39, 0.29) is 6.10 Å². The lowest BCUT2D eigenvalue weighted by atomic mass is 10.1. The van der Waals surface area contributed by atoms with Gasteiger partial charge < -0.3 is 9.47 Å². The van der Waals surface area contributed by atoms with Crippen molar-refractivity contribution in [3.05, 3.63) is 53.8 Å². The quantitative estimate of drug-likeness (QED) is 0.649. The molecule has 0 bridgehead atoms. The summed E-state index contributed by atoms with van der Waals surface area (Å²) in [4.78, 5) is 15.6. The minimum absolute atomic E-state index is 0.157. The molecule has 1 fully saturated rings. The molecule has 140 valence electrons. The summed E-state index contributed by atoms with van der Waals surface area (Å²) >= 11 is 1.71. The van der Waals surface area contributed by atoms with Crippen molar-refractivity contribution in [2.24, 2.45) is 0 Å². The third-order valence-electron chi connectivity index (χ3n) is 4.60. The molecule has 3 aromatic rings. The van der Waals surface area contributed by atoms with Crippen LogP contribution in [0.4, 0.5) is 0 Å². The molecule has 1 aromatic carbocycles. The van der Waals surface area contributed by atoms with Gasteiger partial charge in [0.05, 0.1) is 25.2 Å². The van der Waals surface area contributed by atoms with Crippen molar-refractivity contribution in [3.8, 4) is 22.3 Å². The van der Waals surface area contributed by atoms with E-state index in [0.717, 1.165) is 43.2 Å². The summed E-state index contributed by atoms with van der Waals surface area (Å²) in [6, 6.07) is 10.8. The van der Waals surface area contributed by atoms with Gasteiger partial charge in [-0.25, -0.2) is 4.98 Å². The second-order valence-electron chi connectivity index (χ2n) is 6.51. The summed E-state index contributed by atoms with van der Waals surface area (Å²) in [5.41, 5.74) is 2.32. The fraction of sp³-hybridized carbons (Fsp3) is 0.350. The predicted octanol–water partition coefficient (Wildman–Crippen LogP) is 3.65. The lowest BCUT2D eigenvalue weighted by Gasteiger charge is -2.31. The van der Waals surface area contributed by atoms with Crippen LogP contribution in [0.3, 0.4) is 0 Å². The summed E-state index contributed by atoms with van der Waals surface area (Å²) in [6.45, 7) is 2.85. The molecule has 0 aliphatic carbocycles. The van der Waals surface area contributed by atoms with Gasteiger partial charge in [-0.3, -0.25) is 4.90 Å². The Balaban J connectivity index is 1.27. The summed E-state index contributed by atoms with van der Waals surface area (Å²) in [6.07, 6.45) is 5.34. The van der Waals surface area contributed by atoms with Crippen molar-refractivity contribution in [1.29, 1.82) is 0 Å². The third-order valence-corrected chi connectivity index (χ3v) is 5.55. The van der Waals surface area contributed by atoms with Crippen LogP contribution in [0.1, 0.15) is 18.5 Å². The first-order valence-electron chi connectivity index (χ1n) is 9.05. The molecule has 0 amide bonds. The Morgan fingerprint density at radius 1 is 1.11 bits per heavy atom. The van der Waals surface area contributed by atoms with Crippen LogP contribution in [-0.4, -0.2) is 46.2 Å². The van der Waals surface area contributed by atoms with Crippen LogP contribution in [0.25, 0.3) is 10.6 Å². The zero-order valence-corrected chi connectivity index (χ0v) is 16.1. The molecule has 1 saturated heterocycles. The molecule has 0 spiro atoms. The number of nitrogens with zero attached hydrogens (tertiary/aromatic N) is 4. The van der Waals surface area contributed by atoms with Gasteiger partial charge in [0.2, 0.25) is 0 Å². The molecule has 1 aliphatic rings. The molecular weight excluding hydrogens is 360 g/mol. The van der Waals surface area contributed by atoms with Gasteiger partial charge in [0.1, 0.15) is 11.1 Å². The maximum atomic E-state index is 5.90. The van der Waals surface area contributed by atoms with E-state index < -0.39 is 0 Å². The minimum atomic E-state index is 0.157. The molecule has 0 N–H and O–H groups in total. The van der Waals surface area contributed by atoms with Crippen LogP contribution < -0.4 is 9.47 Å². The average molecular weight is 382 g/mol. The second kappa shape index (κ2) is 8.45. The molecule has 0 saturated carbocycles. The number of rotatable bonds is 6. The zero-order valence-electron chi connectivity index (χ0n) is 15.2. The standard InChI is InChI=1S/C20H22N4O2S/c1-25-18-11-21-20(22-12-18)26-17-7-9-24(10-8-17)13-16-14-27-19(23-16)15-5-3-2-4-6-15/h2-6,11-12,14,17H,7-10,13H2,1H3. The van der Waals surface area contributed by atoms with Gasteiger partial charge in [-0.2, -0.15) is 9.97 Å². The second-order valence-corrected chi connectivity index (χ2v) is 7.37. The van der Waals surface area contributed by atoms with E-state index in [0.29, 0.717) is 11.8 Å². The third kappa shape index (κ3) is 4.61. The summed E-state index contributed by atoms with van der Waals surface area (Å²) in [7, 11) is 1.60. The van der Waals surface area contributed by atoms with Crippen molar-refractivity contribution in [1.82, 2.24) is 19.9 Å². The van der Waals surface area contributed by atoms with Crippen molar-refractivity contribution >= 4 is 11.3 Å². The SMILES string of the molecule is COc1cnc(OC2CCN(Cc3csc(-c4ccccc4)n3)CC2)nc1. The Hall–Kier alpha value is -2.51. The van der Waals surface area contributed by atoms with Crippen molar-refractivity contribution < 1.29 is 9.47 Å². The topological polar surface area (TPSA) is 60.4 Å². The van der Waals surface area contributed by atoms with Gasteiger partial charge >= 0.3 is 6.01 Å². The average Bonchev–Trinajstić information content (AvgIpc) is 3.19. The first-order chi connectivity index (χ1) is 13.3. The van der Waals surface area contributed by atoms with Gasteiger partial charge in [-0.1, -0.05) is 30.3 Å². The molecular formula is C20H22N4O2S. The van der Waals surface area contributed by atoms with Crippen molar-refractivity contribution in [2.75, 3.05) is 20.2 Å². The normalized spacial score (nSPS) is 15.6. The number of ether oxygens (including phenoxy) is 2. The lowest BCUT2D eigenvalue weighted by Crippen LogP contribution is -2.38. The Morgan fingerprint density at radius 3 is 2.56 bits per heavy atom. The van der Waals surface area contributed by atoms with E-state index in [4.69, 9.17) is 14.5 Å². The van der Waals surface area contributed by atoms with E-state index in [1.807, 2.05) is 18.2 Å². The number of methoxy groups -OCH3 is 1. The van der Waals surface area contributed by atoms with E-state index in [2.05, 4.69) is 32.4 Å². The van der Waals surface area contributed by atoms with E-state index in [9.17, 15) is 0 Å². The van der Waals surface area contributed by atoms with Crippen LogP contribution in [0.5, 0.6) is 11.8 Å². The van der Waals surface area contributed by atoms with E-state index in [1.165, 1.54) is 5.56 Å². The van der Waals surface area contributed by atoms with Gasteiger partial charge in [-0.05, 0) is 12.8 Å². The minimum Gasteiger partial charge on any atom is -0.494 e. The summed E-state index contributed by atoms with van der Waals surface area (Å²) < 4.78 is 11.0. The maximum Gasteiger partial charge on any atom is 0.316 e. The van der Waals surface area contributed by atoms with E-state index >= 15 is 0 Å². The largest absolute Gasteiger partial charge is 0.494 e. The first-order valence-corrected chi connectivity index (χ1v) is 9.93. The molecule has 6 nitrogen and oxygen atoms in total. The molecule has 0 radical (unpaired) electrons. The highest BCUT2D eigenvalue weighted by Crippen LogP contribution is 2.25. The van der Waals surface area contributed by atoms with Gasteiger partial charge in [0.25, 0.3) is 0 Å². The molecule has 27 heavy (non-hydrogen) atoms. The Bertz CT molecular complexity index is 846. The van der Waals surface area contributed by atoms with Crippen molar-refractivity contribution in [3.63, 3.8) is 0 Å². The number of hydrogen-bond donors (Lipinski definition) is 0. The summed E-state index contributed by atoms with van der Waals surface area (Å²) in [5, 5.41) is 3.25. The number of thiazole rings is 1. The highest BCUT2D eigenvalue weighted by Gasteiger charge is 2.22. The number of hydrogen-bond acceptors (Lipinski definition) is 7. The number of likely N-dealkylation sites (tertiary alicyclic amines) is 1. The highest BCUT2D eigenvalue weighted by atomic mass is 32.1. The zero-order chi connectivity index (χ0) is 18.5. The van der Waals surface area contributed by atoms with Crippen LogP contribution >= 0.6 is 11.3 Å². The van der Waals surface area contributed by atoms with E-state index in [1.54, 1.807) is 30.8 Å². The molecule has 2 aromatic heterocycles. The van der Waals surface area contributed by atoms with Gasteiger partial charge in [0, 0.05) is 30.6 Å². The summed E-state index contributed by atoms with van der Waals surface area (Å²) in [5.74, 6) is 0.635. The fourth-order valence-electron chi connectivity index (χ4n) is 3.13. The molecule has 0 atom stereocenters. The van der Waals surface area contributed by atoms with Crippen LogP contribution in [-0.2, 0) is 6.54 Å². The smallest absolute Gasteiger partial charge is 0.316 e. The Morgan fingerprint density at radius 2 is 1.85 bits per heavy atom. The highest BCUT2D eigenvalue weighted by molar-refractivity contribution is 7.13. The van der Waals surface area contributed by atoms with Gasteiger partial charge in [-0.15, -0.1) is 11.3 Å². The molecule has 4 rings (SSSR count). The Labute approximate surface area is 162 Å². The first kappa shape index (κ1) is 17.9. The molecule has 1 aliphatic heterocycles. The Kier molecular flexibility index (Phi) is 5.60. The molecule has 3 heterocycles. The number of benzene rings is 1. The fourth-order valence-corrected chi connectivity index (χ4v) is 3.94. The number of piperidine rings is 1. The maximum absolute atomic E-state index is 5.90. The van der Waals surface area contributed by atoms with Crippen LogP contribution in [0.15, 0.2) is 48.1 Å². The lowest BCUT2D eigenvalue weighted by molar-refractivity contribution is 0.0885. The molecule has 0 unspecified atom stereocenters. The van der Waals surface area contributed by atoms with Crippen LogP contribution in [0, 0.1) is 0 Å². The monoisotopic (exact) mass is 382 g/mol.